The zero-order valence-corrected chi connectivity index (χ0v) is 19.0. The Morgan fingerprint density at radius 1 is 1.19 bits per heavy atom. The number of nitrogens with zero attached hydrogens (tertiary/aromatic N) is 3. The smallest absolute Gasteiger partial charge is 0.227 e. The molecule has 0 radical (unpaired) electrons. The Labute approximate surface area is 191 Å². The van der Waals surface area contributed by atoms with Crippen LogP contribution in [0.4, 0.5) is 11.8 Å². The summed E-state index contributed by atoms with van der Waals surface area (Å²) < 4.78 is 12.8. The minimum atomic E-state index is -1.10. The fourth-order valence-electron chi connectivity index (χ4n) is 4.66. The molecule has 3 heterocycles. The number of aromatic nitrogens is 2. The Balaban J connectivity index is 1.42. The van der Waals surface area contributed by atoms with Crippen molar-refractivity contribution in [2.24, 2.45) is 0 Å². The summed E-state index contributed by atoms with van der Waals surface area (Å²) in [5.74, 6) is 4.63. The van der Waals surface area contributed by atoms with Crippen LogP contribution < -0.4 is 10.2 Å². The molecule has 1 aromatic carbocycles. The largest absolute Gasteiger partial charge is 0.394 e. The Kier molecular flexibility index (Phi) is 5.75. The van der Waals surface area contributed by atoms with Crippen molar-refractivity contribution in [3.63, 3.8) is 0 Å². The normalized spacial score (nSPS) is 21.7. The van der Waals surface area contributed by atoms with Gasteiger partial charge in [-0.2, -0.15) is 4.98 Å². The van der Waals surface area contributed by atoms with Crippen molar-refractivity contribution in [3.8, 4) is 12.3 Å². The van der Waals surface area contributed by atoms with E-state index in [0.717, 1.165) is 67.8 Å². The highest BCUT2D eigenvalue weighted by molar-refractivity contribution is 7.85. The molecule has 1 aromatic heterocycles. The molecule has 2 aliphatic heterocycles. The molecule has 3 aliphatic rings. The van der Waals surface area contributed by atoms with Crippen LogP contribution in [0, 0.1) is 12.3 Å². The van der Waals surface area contributed by atoms with Gasteiger partial charge in [0.25, 0.3) is 0 Å². The first kappa shape index (κ1) is 21.2. The Bertz CT molecular complexity index is 1110. The molecule has 2 aromatic rings. The zero-order chi connectivity index (χ0) is 22.1. The van der Waals surface area contributed by atoms with Crippen LogP contribution >= 0.6 is 0 Å². The number of terminal acetylenes is 1. The van der Waals surface area contributed by atoms with Crippen molar-refractivity contribution in [2.75, 3.05) is 35.7 Å². The third-order valence-electron chi connectivity index (χ3n) is 6.81. The lowest BCUT2D eigenvalue weighted by Gasteiger charge is -2.42. The number of fused-ring (bicyclic) bond motifs is 1. The molecule has 1 atom stereocenters. The molecule has 166 valence electrons. The summed E-state index contributed by atoms with van der Waals surface area (Å²) in [6.45, 7) is 1.59. The second-order valence-corrected chi connectivity index (χ2v) is 10.4. The number of benzene rings is 1. The maximum atomic E-state index is 12.8. The molecule has 32 heavy (non-hydrogen) atoms. The van der Waals surface area contributed by atoms with Gasteiger partial charge in [0.1, 0.15) is 10.7 Å². The van der Waals surface area contributed by atoms with Crippen LogP contribution in [0.15, 0.2) is 35.2 Å². The number of aliphatic hydroxyl groups excluding tert-OH is 1. The van der Waals surface area contributed by atoms with Gasteiger partial charge in [-0.05, 0) is 61.8 Å². The van der Waals surface area contributed by atoms with Gasteiger partial charge in [-0.1, -0.05) is 24.1 Å². The number of aliphatic hydroxyl groups is 1. The van der Waals surface area contributed by atoms with E-state index < -0.39 is 10.8 Å². The molecular formula is C25H28N4O2S. The summed E-state index contributed by atoms with van der Waals surface area (Å²) >= 11 is 0. The molecule has 0 spiro atoms. The fourth-order valence-corrected chi connectivity index (χ4v) is 6.00. The molecule has 1 aliphatic carbocycles. The second-order valence-electron chi connectivity index (χ2n) is 8.87. The van der Waals surface area contributed by atoms with Crippen molar-refractivity contribution < 1.29 is 9.32 Å². The number of aryl methyl sites for hydroxylation is 1. The standard InChI is InChI=1S/C25H28N4O2S/c1-2-18-6-8-19(9-7-18)20-10-14-29(15-11-20)24-26-21-5-3-16-32(31)22(21)23(27-24)28-25(17-30)12-4-13-25/h1,6-10,30H,3-5,11-17H2,(H,26,27,28)/t32-/m0/s1. The molecule has 2 N–H and O–H groups in total. The minimum absolute atomic E-state index is 0.0576. The molecule has 6 nitrogen and oxygen atoms in total. The van der Waals surface area contributed by atoms with Gasteiger partial charge in [0.05, 0.1) is 28.6 Å². The van der Waals surface area contributed by atoms with Crippen LogP contribution in [0.1, 0.15) is 48.9 Å². The topological polar surface area (TPSA) is 78.3 Å². The summed E-state index contributed by atoms with van der Waals surface area (Å²) in [6.07, 6.45) is 13.2. The molecule has 5 rings (SSSR count). The number of anilines is 2. The van der Waals surface area contributed by atoms with Crippen LogP contribution in [-0.2, 0) is 17.2 Å². The van der Waals surface area contributed by atoms with Gasteiger partial charge in [0, 0.05) is 24.4 Å². The van der Waals surface area contributed by atoms with Crippen molar-refractivity contribution in [1.29, 1.82) is 0 Å². The highest BCUT2D eigenvalue weighted by atomic mass is 32.2. The maximum Gasteiger partial charge on any atom is 0.227 e. The Morgan fingerprint density at radius 2 is 2.00 bits per heavy atom. The van der Waals surface area contributed by atoms with Crippen LogP contribution in [0.2, 0.25) is 0 Å². The van der Waals surface area contributed by atoms with E-state index in [1.54, 1.807) is 0 Å². The third kappa shape index (κ3) is 3.94. The van der Waals surface area contributed by atoms with Gasteiger partial charge in [-0.3, -0.25) is 4.21 Å². The van der Waals surface area contributed by atoms with E-state index >= 15 is 0 Å². The van der Waals surface area contributed by atoms with E-state index in [9.17, 15) is 9.32 Å². The monoisotopic (exact) mass is 448 g/mol. The predicted octanol–water partition coefficient (Wildman–Crippen LogP) is 3.13. The van der Waals surface area contributed by atoms with Crippen molar-refractivity contribution in [2.45, 2.75) is 49.0 Å². The average molecular weight is 449 g/mol. The molecule has 0 amide bonds. The first-order valence-electron chi connectivity index (χ1n) is 11.3. The summed E-state index contributed by atoms with van der Waals surface area (Å²) in [7, 11) is -1.10. The summed E-state index contributed by atoms with van der Waals surface area (Å²) in [6, 6.07) is 8.11. The average Bonchev–Trinajstić information content (AvgIpc) is 2.81. The number of hydrogen-bond acceptors (Lipinski definition) is 6. The van der Waals surface area contributed by atoms with E-state index in [4.69, 9.17) is 16.4 Å². The molecular weight excluding hydrogens is 420 g/mol. The van der Waals surface area contributed by atoms with Gasteiger partial charge in [0.15, 0.2) is 0 Å². The van der Waals surface area contributed by atoms with E-state index in [1.807, 2.05) is 12.1 Å². The molecule has 1 saturated carbocycles. The maximum absolute atomic E-state index is 12.8. The quantitative estimate of drug-likeness (QED) is 0.685. The first-order valence-corrected chi connectivity index (χ1v) is 12.6. The van der Waals surface area contributed by atoms with Gasteiger partial charge in [0.2, 0.25) is 5.95 Å². The minimum Gasteiger partial charge on any atom is -0.394 e. The fraction of sp³-hybridized carbons (Fsp3) is 0.440. The number of rotatable bonds is 5. The second kappa shape index (κ2) is 8.68. The first-order chi connectivity index (χ1) is 15.6. The van der Waals surface area contributed by atoms with Gasteiger partial charge < -0.3 is 15.3 Å². The van der Waals surface area contributed by atoms with E-state index in [1.165, 1.54) is 11.1 Å². The SMILES string of the molecule is C#Cc1ccc(C2=CCN(c3nc4c(c(NC5(CO)CCC5)n3)[S@@](=O)CCC4)CC2)cc1. The Hall–Kier alpha value is -2.69. The van der Waals surface area contributed by atoms with E-state index in [-0.39, 0.29) is 12.1 Å². The van der Waals surface area contributed by atoms with Crippen LogP contribution in [0.25, 0.3) is 5.57 Å². The number of nitrogens with one attached hydrogen (secondary N) is 1. The molecule has 0 unspecified atom stereocenters. The van der Waals surface area contributed by atoms with E-state index in [0.29, 0.717) is 17.5 Å². The molecule has 0 saturated heterocycles. The lowest BCUT2D eigenvalue weighted by molar-refractivity contribution is 0.143. The van der Waals surface area contributed by atoms with Gasteiger partial charge in [-0.15, -0.1) is 6.42 Å². The summed E-state index contributed by atoms with van der Waals surface area (Å²) in [5.41, 5.74) is 3.92. The van der Waals surface area contributed by atoms with Crippen molar-refractivity contribution in [3.05, 3.63) is 47.2 Å². The molecule has 1 fully saturated rings. The lowest BCUT2D eigenvalue weighted by Crippen LogP contribution is -2.49. The zero-order valence-electron chi connectivity index (χ0n) is 18.1. The molecule has 0 bridgehead atoms. The lowest BCUT2D eigenvalue weighted by atomic mass is 9.77. The summed E-state index contributed by atoms with van der Waals surface area (Å²) in [5, 5.41) is 13.4. The third-order valence-corrected chi connectivity index (χ3v) is 8.35. The highest BCUT2D eigenvalue weighted by Crippen LogP contribution is 2.38. The Morgan fingerprint density at radius 3 is 2.62 bits per heavy atom. The van der Waals surface area contributed by atoms with Crippen molar-refractivity contribution >= 4 is 28.1 Å². The van der Waals surface area contributed by atoms with Crippen molar-refractivity contribution in [1.82, 2.24) is 9.97 Å². The number of hydrogen-bond donors (Lipinski definition) is 2. The van der Waals surface area contributed by atoms with E-state index in [2.05, 4.69) is 34.3 Å². The highest BCUT2D eigenvalue weighted by Gasteiger charge is 2.38. The van der Waals surface area contributed by atoms with Crippen LogP contribution in [0.3, 0.4) is 0 Å². The van der Waals surface area contributed by atoms with Gasteiger partial charge >= 0.3 is 0 Å². The molecule has 7 heteroatoms. The van der Waals surface area contributed by atoms with Crippen LogP contribution in [0.5, 0.6) is 0 Å². The van der Waals surface area contributed by atoms with Crippen LogP contribution in [-0.4, -0.2) is 50.3 Å². The van der Waals surface area contributed by atoms with Gasteiger partial charge in [-0.25, -0.2) is 4.98 Å². The summed E-state index contributed by atoms with van der Waals surface area (Å²) in [4.78, 5) is 12.6. The predicted molar refractivity (Wildman–Crippen MR) is 128 cm³/mol.